The number of pyridine rings is 1. The second-order valence-corrected chi connectivity index (χ2v) is 5.62. The van der Waals surface area contributed by atoms with Crippen LogP contribution in [0.4, 0.5) is 16.3 Å². The molecule has 1 aromatic carbocycles. The predicted octanol–water partition coefficient (Wildman–Crippen LogP) is 2.11. The van der Waals surface area contributed by atoms with Gasteiger partial charge in [-0.15, -0.1) is 0 Å². The molecule has 1 saturated heterocycles. The Morgan fingerprint density at radius 3 is 2.84 bits per heavy atom. The molecule has 2 aromatic rings. The molecule has 0 atom stereocenters. The second-order valence-electron chi connectivity index (χ2n) is 5.62. The summed E-state index contributed by atoms with van der Waals surface area (Å²) in [5.74, 6) is 0.877. The quantitative estimate of drug-likeness (QED) is 0.892. The molecule has 2 N–H and O–H groups in total. The van der Waals surface area contributed by atoms with Crippen LogP contribution in [0.15, 0.2) is 42.6 Å². The van der Waals surface area contributed by atoms with Gasteiger partial charge in [-0.25, -0.2) is 9.78 Å². The average molecular weight is 337 g/mol. The van der Waals surface area contributed by atoms with E-state index in [4.69, 9.17) is 10.00 Å². The molecule has 7 nitrogen and oxygen atoms in total. The van der Waals surface area contributed by atoms with Gasteiger partial charge >= 0.3 is 6.03 Å². The number of benzene rings is 1. The largest absolute Gasteiger partial charge is 0.378 e. The summed E-state index contributed by atoms with van der Waals surface area (Å²) in [5.41, 5.74) is 2.07. The van der Waals surface area contributed by atoms with Crippen molar-refractivity contribution in [1.82, 2.24) is 10.3 Å². The second kappa shape index (κ2) is 8.13. The van der Waals surface area contributed by atoms with Gasteiger partial charge in [0.15, 0.2) is 0 Å². The highest BCUT2D eigenvalue weighted by atomic mass is 16.5. The van der Waals surface area contributed by atoms with Crippen LogP contribution in [0.5, 0.6) is 0 Å². The SMILES string of the molecule is N#Cc1cccc(CNC(=O)Nc2ccc(N3CCOCC3)nc2)c1. The first-order valence-corrected chi connectivity index (χ1v) is 8.07. The van der Waals surface area contributed by atoms with E-state index in [1.165, 1.54) is 0 Å². The minimum atomic E-state index is -0.316. The van der Waals surface area contributed by atoms with Crippen molar-refractivity contribution in [3.8, 4) is 6.07 Å². The molecule has 25 heavy (non-hydrogen) atoms. The third kappa shape index (κ3) is 4.68. The highest BCUT2D eigenvalue weighted by Gasteiger charge is 2.12. The molecular formula is C18H19N5O2. The molecular weight excluding hydrogens is 318 g/mol. The average Bonchev–Trinajstić information content (AvgIpc) is 2.68. The van der Waals surface area contributed by atoms with Gasteiger partial charge in [0.25, 0.3) is 0 Å². The van der Waals surface area contributed by atoms with E-state index >= 15 is 0 Å². The van der Waals surface area contributed by atoms with Crippen LogP contribution < -0.4 is 15.5 Å². The van der Waals surface area contributed by atoms with Crippen LogP contribution >= 0.6 is 0 Å². The maximum absolute atomic E-state index is 12.0. The number of nitriles is 1. The highest BCUT2D eigenvalue weighted by Crippen LogP contribution is 2.15. The van der Waals surface area contributed by atoms with E-state index < -0.39 is 0 Å². The van der Waals surface area contributed by atoms with Crippen molar-refractivity contribution in [2.45, 2.75) is 6.54 Å². The van der Waals surface area contributed by atoms with Gasteiger partial charge < -0.3 is 20.3 Å². The molecule has 128 valence electrons. The number of anilines is 2. The number of hydrogen-bond acceptors (Lipinski definition) is 5. The molecule has 1 aliphatic rings. The number of rotatable bonds is 4. The Hall–Kier alpha value is -3.11. The molecule has 0 aliphatic carbocycles. The first-order valence-electron chi connectivity index (χ1n) is 8.07. The number of ether oxygens (including phenoxy) is 1. The molecule has 0 saturated carbocycles. The van der Waals surface area contributed by atoms with Crippen LogP contribution in [0.2, 0.25) is 0 Å². The van der Waals surface area contributed by atoms with Crippen molar-refractivity contribution in [2.24, 2.45) is 0 Å². The monoisotopic (exact) mass is 337 g/mol. The fourth-order valence-electron chi connectivity index (χ4n) is 2.55. The van der Waals surface area contributed by atoms with Crippen LogP contribution in [0.1, 0.15) is 11.1 Å². The van der Waals surface area contributed by atoms with Gasteiger partial charge in [0.05, 0.1) is 36.7 Å². The topological polar surface area (TPSA) is 90.3 Å². The van der Waals surface area contributed by atoms with E-state index in [0.717, 1.165) is 24.5 Å². The zero-order valence-electron chi connectivity index (χ0n) is 13.7. The molecule has 0 spiro atoms. The molecule has 7 heteroatoms. The first kappa shape index (κ1) is 16.7. The summed E-state index contributed by atoms with van der Waals surface area (Å²) in [5, 5.41) is 14.4. The lowest BCUT2D eigenvalue weighted by Crippen LogP contribution is -2.36. The zero-order valence-corrected chi connectivity index (χ0v) is 13.7. The number of urea groups is 1. The van der Waals surface area contributed by atoms with E-state index in [9.17, 15) is 4.79 Å². The molecule has 0 bridgehead atoms. The molecule has 1 aromatic heterocycles. The Kier molecular flexibility index (Phi) is 5.44. The number of aromatic nitrogens is 1. The summed E-state index contributed by atoms with van der Waals surface area (Å²) in [6.07, 6.45) is 1.64. The molecule has 1 fully saturated rings. The fraction of sp³-hybridized carbons (Fsp3) is 0.278. The normalized spacial score (nSPS) is 13.8. The number of carbonyl (C=O) groups is 1. The number of carbonyl (C=O) groups excluding carboxylic acids is 1. The van der Waals surface area contributed by atoms with Crippen LogP contribution in [-0.4, -0.2) is 37.3 Å². The number of amides is 2. The van der Waals surface area contributed by atoms with Gasteiger partial charge in [0, 0.05) is 19.6 Å². The van der Waals surface area contributed by atoms with Gasteiger partial charge in [-0.1, -0.05) is 12.1 Å². The summed E-state index contributed by atoms with van der Waals surface area (Å²) in [7, 11) is 0. The standard InChI is InChI=1S/C18H19N5O2/c19-11-14-2-1-3-15(10-14)12-21-18(24)22-16-4-5-17(20-13-16)23-6-8-25-9-7-23/h1-5,10,13H,6-9,12H2,(H2,21,22,24). The van der Waals surface area contributed by atoms with Crippen molar-refractivity contribution >= 4 is 17.5 Å². The minimum absolute atomic E-state index is 0.316. The number of morpholine rings is 1. The van der Waals surface area contributed by atoms with E-state index in [0.29, 0.717) is 31.0 Å². The highest BCUT2D eigenvalue weighted by molar-refractivity contribution is 5.89. The molecule has 2 heterocycles. The van der Waals surface area contributed by atoms with Gasteiger partial charge in [-0.3, -0.25) is 0 Å². The third-order valence-electron chi connectivity index (χ3n) is 3.85. The van der Waals surface area contributed by atoms with Crippen LogP contribution in [-0.2, 0) is 11.3 Å². The van der Waals surface area contributed by atoms with Gasteiger partial charge in [0.2, 0.25) is 0 Å². The Bertz CT molecular complexity index is 764. The molecule has 0 unspecified atom stereocenters. The molecule has 3 rings (SSSR count). The molecule has 0 radical (unpaired) electrons. The fourth-order valence-corrected chi connectivity index (χ4v) is 2.55. The van der Waals surface area contributed by atoms with Crippen LogP contribution in [0.25, 0.3) is 0 Å². The summed E-state index contributed by atoms with van der Waals surface area (Å²) in [6.45, 7) is 3.40. The number of nitrogens with one attached hydrogen (secondary N) is 2. The maximum atomic E-state index is 12.0. The molecule has 2 amide bonds. The smallest absolute Gasteiger partial charge is 0.319 e. The van der Waals surface area contributed by atoms with Crippen molar-refractivity contribution in [3.63, 3.8) is 0 Å². The maximum Gasteiger partial charge on any atom is 0.319 e. The Morgan fingerprint density at radius 2 is 2.12 bits per heavy atom. The van der Waals surface area contributed by atoms with Crippen molar-refractivity contribution in [2.75, 3.05) is 36.5 Å². The van der Waals surface area contributed by atoms with Crippen molar-refractivity contribution in [3.05, 3.63) is 53.7 Å². The zero-order chi connectivity index (χ0) is 17.5. The van der Waals surface area contributed by atoms with Crippen molar-refractivity contribution < 1.29 is 9.53 Å². The third-order valence-corrected chi connectivity index (χ3v) is 3.85. The Morgan fingerprint density at radius 1 is 1.28 bits per heavy atom. The Labute approximate surface area is 146 Å². The van der Waals surface area contributed by atoms with Crippen LogP contribution in [0.3, 0.4) is 0 Å². The summed E-state index contributed by atoms with van der Waals surface area (Å²) in [4.78, 5) is 18.5. The van der Waals surface area contributed by atoms with E-state index in [-0.39, 0.29) is 6.03 Å². The Balaban J connectivity index is 1.51. The first-order chi connectivity index (χ1) is 12.2. The van der Waals surface area contributed by atoms with Gasteiger partial charge in [-0.05, 0) is 29.8 Å². The lowest BCUT2D eigenvalue weighted by molar-refractivity contribution is 0.122. The number of hydrogen-bond donors (Lipinski definition) is 2. The number of nitrogens with zero attached hydrogens (tertiary/aromatic N) is 3. The van der Waals surface area contributed by atoms with E-state index in [1.807, 2.05) is 18.2 Å². The van der Waals surface area contributed by atoms with E-state index in [1.54, 1.807) is 24.4 Å². The minimum Gasteiger partial charge on any atom is -0.378 e. The summed E-state index contributed by atoms with van der Waals surface area (Å²) >= 11 is 0. The summed E-state index contributed by atoms with van der Waals surface area (Å²) in [6, 6.07) is 12.6. The molecule has 1 aliphatic heterocycles. The van der Waals surface area contributed by atoms with Crippen molar-refractivity contribution in [1.29, 1.82) is 5.26 Å². The predicted molar refractivity (Wildman–Crippen MR) is 94.3 cm³/mol. The lowest BCUT2D eigenvalue weighted by atomic mass is 10.1. The van der Waals surface area contributed by atoms with E-state index in [2.05, 4.69) is 26.6 Å². The summed E-state index contributed by atoms with van der Waals surface area (Å²) < 4.78 is 5.32. The van der Waals surface area contributed by atoms with Crippen LogP contribution in [0, 0.1) is 11.3 Å². The lowest BCUT2D eigenvalue weighted by Gasteiger charge is -2.27. The van der Waals surface area contributed by atoms with Gasteiger partial charge in [0.1, 0.15) is 5.82 Å². The van der Waals surface area contributed by atoms with Gasteiger partial charge in [-0.2, -0.15) is 5.26 Å².